The van der Waals surface area contributed by atoms with Crippen LogP contribution < -0.4 is 0 Å². The summed E-state index contributed by atoms with van der Waals surface area (Å²) >= 11 is 2.13. The zero-order chi connectivity index (χ0) is 9.90. The second-order valence-corrected chi connectivity index (χ2v) is 6.99. The summed E-state index contributed by atoms with van der Waals surface area (Å²) in [6.07, 6.45) is 5.71. The van der Waals surface area contributed by atoms with Crippen molar-refractivity contribution in [1.82, 2.24) is 0 Å². The van der Waals surface area contributed by atoms with Crippen molar-refractivity contribution < 1.29 is 4.74 Å². The molecule has 0 saturated heterocycles. The third-order valence-electron chi connectivity index (χ3n) is 2.47. The summed E-state index contributed by atoms with van der Waals surface area (Å²) in [5, 5.41) is 0.867. The van der Waals surface area contributed by atoms with Crippen molar-refractivity contribution in [2.24, 2.45) is 0 Å². The third kappa shape index (κ3) is 4.37. The van der Waals surface area contributed by atoms with E-state index in [2.05, 4.69) is 32.5 Å². The molecular weight excluding hydrogens is 180 g/mol. The lowest BCUT2D eigenvalue weighted by Crippen LogP contribution is -2.25. The highest BCUT2D eigenvalue weighted by Crippen LogP contribution is 2.36. The van der Waals surface area contributed by atoms with Gasteiger partial charge in [-0.1, -0.05) is 20.8 Å². The van der Waals surface area contributed by atoms with E-state index in [0.29, 0.717) is 10.9 Å². The Morgan fingerprint density at radius 1 is 1.08 bits per heavy atom. The minimum absolute atomic E-state index is 0.421. The highest BCUT2D eigenvalue weighted by molar-refractivity contribution is 8.01. The molecule has 0 amide bonds. The van der Waals surface area contributed by atoms with Gasteiger partial charge in [0.15, 0.2) is 0 Å². The molecule has 0 radical (unpaired) electrons. The van der Waals surface area contributed by atoms with E-state index >= 15 is 0 Å². The van der Waals surface area contributed by atoms with Gasteiger partial charge in [-0.3, -0.25) is 0 Å². The summed E-state index contributed by atoms with van der Waals surface area (Å²) in [4.78, 5) is 0. The first-order valence-corrected chi connectivity index (χ1v) is 6.10. The largest absolute Gasteiger partial charge is 0.381 e. The lowest BCUT2D eigenvalue weighted by Gasteiger charge is -2.31. The fraction of sp³-hybridized carbons (Fsp3) is 1.00. The van der Waals surface area contributed by atoms with Crippen LogP contribution in [0.15, 0.2) is 0 Å². The van der Waals surface area contributed by atoms with Crippen molar-refractivity contribution in [2.75, 3.05) is 7.11 Å². The summed E-state index contributed by atoms with van der Waals surface area (Å²) < 4.78 is 5.78. The zero-order valence-corrected chi connectivity index (χ0v) is 10.1. The Labute approximate surface area is 86.6 Å². The van der Waals surface area contributed by atoms with Gasteiger partial charge in [-0.05, 0) is 25.7 Å². The van der Waals surface area contributed by atoms with Crippen molar-refractivity contribution >= 4 is 11.8 Å². The molecule has 78 valence electrons. The first-order valence-electron chi connectivity index (χ1n) is 5.22. The van der Waals surface area contributed by atoms with Crippen LogP contribution in [0, 0.1) is 0 Å². The van der Waals surface area contributed by atoms with Crippen LogP contribution in [0.1, 0.15) is 46.5 Å². The molecule has 1 aliphatic carbocycles. The fourth-order valence-electron chi connectivity index (χ4n) is 1.89. The summed E-state index contributed by atoms with van der Waals surface area (Å²) in [5.74, 6) is 0. The molecule has 1 rings (SSSR count). The molecule has 1 fully saturated rings. The van der Waals surface area contributed by atoms with Crippen LogP contribution in [0.4, 0.5) is 0 Å². The van der Waals surface area contributed by atoms with Gasteiger partial charge < -0.3 is 4.74 Å². The van der Waals surface area contributed by atoms with Gasteiger partial charge in [0.2, 0.25) is 0 Å². The van der Waals surface area contributed by atoms with E-state index in [1.54, 1.807) is 0 Å². The maximum Gasteiger partial charge on any atom is 0.0572 e. The highest BCUT2D eigenvalue weighted by Gasteiger charge is 2.25. The Kier molecular flexibility index (Phi) is 4.11. The fourth-order valence-corrected chi connectivity index (χ4v) is 3.39. The number of ether oxygens (including phenoxy) is 1. The summed E-state index contributed by atoms with van der Waals surface area (Å²) in [6, 6.07) is 0. The molecule has 13 heavy (non-hydrogen) atoms. The quantitative estimate of drug-likeness (QED) is 0.678. The molecule has 0 atom stereocenters. The molecule has 0 aliphatic heterocycles. The van der Waals surface area contributed by atoms with Gasteiger partial charge in [0.25, 0.3) is 0 Å². The molecule has 0 N–H and O–H groups in total. The smallest absolute Gasteiger partial charge is 0.0572 e. The Hall–Kier alpha value is 0.310. The Morgan fingerprint density at radius 3 is 2.00 bits per heavy atom. The van der Waals surface area contributed by atoms with E-state index in [9.17, 15) is 0 Å². The van der Waals surface area contributed by atoms with Crippen molar-refractivity contribution in [2.45, 2.75) is 62.6 Å². The van der Waals surface area contributed by atoms with Crippen LogP contribution >= 0.6 is 11.8 Å². The molecule has 1 nitrogen and oxygen atoms in total. The molecule has 0 bridgehead atoms. The molecule has 0 aromatic heterocycles. The minimum Gasteiger partial charge on any atom is -0.381 e. The second kappa shape index (κ2) is 4.70. The number of methoxy groups -OCH3 is 1. The highest BCUT2D eigenvalue weighted by atomic mass is 32.2. The maximum absolute atomic E-state index is 5.36. The summed E-state index contributed by atoms with van der Waals surface area (Å²) in [7, 11) is 1.84. The molecule has 2 heteroatoms. The van der Waals surface area contributed by atoms with Crippen molar-refractivity contribution in [3.63, 3.8) is 0 Å². The van der Waals surface area contributed by atoms with Crippen LogP contribution in [-0.4, -0.2) is 23.2 Å². The van der Waals surface area contributed by atoms with Gasteiger partial charge in [-0.2, -0.15) is 11.8 Å². The molecule has 1 aliphatic rings. The molecule has 0 spiro atoms. The Balaban J connectivity index is 2.25. The Morgan fingerprint density at radius 2 is 1.62 bits per heavy atom. The van der Waals surface area contributed by atoms with Crippen LogP contribution in [-0.2, 0) is 4.74 Å². The topological polar surface area (TPSA) is 9.23 Å². The summed E-state index contributed by atoms with van der Waals surface area (Å²) in [5.41, 5.74) is 0. The van der Waals surface area contributed by atoms with Gasteiger partial charge in [-0.15, -0.1) is 0 Å². The van der Waals surface area contributed by atoms with E-state index in [4.69, 9.17) is 4.74 Å². The molecule has 0 unspecified atom stereocenters. The zero-order valence-electron chi connectivity index (χ0n) is 9.30. The molecule has 0 aromatic rings. The first kappa shape index (κ1) is 11.4. The number of hydrogen-bond donors (Lipinski definition) is 0. The lowest BCUT2D eigenvalue weighted by atomic mass is 9.97. The van der Waals surface area contributed by atoms with E-state index in [0.717, 1.165) is 5.25 Å². The number of hydrogen-bond acceptors (Lipinski definition) is 2. The standard InChI is InChI=1S/C11H22OS/c1-11(2,3)13-10-7-5-9(12-4)6-8-10/h9-10H,5-8H2,1-4H3. The third-order valence-corrected chi connectivity index (χ3v) is 3.99. The summed E-state index contributed by atoms with van der Waals surface area (Å²) in [6.45, 7) is 6.92. The molecule has 1 saturated carbocycles. The maximum atomic E-state index is 5.36. The lowest BCUT2D eigenvalue weighted by molar-refractivity contribution is 0.0723. The van der Waals surface area contributed by atoms with E-state index in [-0.39, 0.29) is 0 Å². The van der Waals surface area contributed by atoms with Gasteiger partial charge >= 0.3 is 0 Å². The SMILES string of the molecule is COC1CCC(SC(C)(C)C)CC1. The normalized spacial score (nSPS) is 30.5. The number of rotatable bonds is 2. The van der Waals surface area contributed by atoms with Crippen LogP contribution in [0.25, 0.3) is 0 Å². The van der Waals surface area contributed by atoms with Gasteiger partial charge in [0.1, 0.15) is 0 Å². The van der Waals surface area contributed by atoms with Gasteiger partial charge in [-0.25, -0.2) is 0 Å². The van der Waals surface area contributed by atoms with E-state index in [1.807, 2.05) is 7.11 Å². The van der Waals surface area contributed by atoms with Gasteiger partial charge in [0, 0.05) is 17.1 Å². The van der Waals surface area contributed by atoms with Crippen LogP contribution in [0.3, 0.4) is 0 Å². The minimum atomic E-state index is 0.421. The van der Waals surface area contributed by atoms with Crippen molar-refractivity contribution in [3.8, 4) is 0 Å². The molecule has 0 aromatic carbocycles. The first-order chi connectivity index (χ1) is 6.01. The molecule has 0 heterocycles. The Bertz CT molecular complexity index is 143. The predicted molar refractivity (Wildman–Crippen MR) is 60.4 cm³/mol. The van der Waals surface area contributed by atoms with Crippen molar-refractivity contribution in [3.05, 3.63) is 0 Å². The van der Waals surface area contributed by atoms with Crippen LogP contribution in [0.2, 0.25) is 0 Å². The van der Waals surface area contributed by atoms with E-state index in [1.165, 1.54) is 25.7 Å². The number of thioether (sulfide) groups is 1. The second-order valence-electron chi connectivity index (χ2n) is 4.86. The average Bonchev–Trinajstić information content (AvgIpc) is 2.03. The van der Waals surface area contributed by atoms with Crippen LogP contribution in [0.5, 0.6) is 0 Å². The van der Waals surface area contributed by atoms with Gasteiger partial charge in [0.05, 0.1) is 6.10 Å². The average molecular weight is 202 g/mol. The monoisotopic (exact) mass is 202 g/mol. The van der Waals surface area contributed by atoms with E-state index < -0.39 is 0 Å². The predicted octanol–water partition coefficient (Wildman–Crippen LogP) is 3.48. The molecular formula is C11H22OS. The van der Waals surface area contributed by atoms with Crippen molar-refractivity contribution in [1.29, 1.82) is 0 Å².